The summed E-state index contributed by atoms with van der Waals surface area (Å²) in [6.45, 7) is -0.0907. The molecule has 0 bridgehead atoms. The van der Waals surface area contributed by atoms with Crippen molar-refractivity contribution in [2.45, 2.75) is 19.3 Å². The molecule has 3 aromatic rings. The second-order valence-electron chi connectivity index (χ2n) is 5.73. The molecule has 0 spiro atoms. The number of amides is 1. The molecule has 0 radical (unpaired) electrons. The van der Waals surface area contributed by atoms with Crippen LogP contribution in [0.1, 0.15) is 11.3 Å². The van der Waals surface area contributed by atoms with Crippen molar-refractivity contribution in [2.24, 2.45) is 0 Å². The van der Waals surface area contributed by atoms with Crippen LogP contribution in [0.4, 0.5) is 13.2 Å². The summed E-state index contributed by atoms with van der Waals surface area (Å²) in [5.41, 5.74) is 1.56. The summed E-state index contributed by atoms with van der Waals surface area (Å²) < 4.78 is 41.3. The molecule has 4 nitrogen and oxygen atoms in total. The minimum absolute atomic E-state index is 0.00322. The number of hydrogen-bond donors (Lipinski definition) is 1. The number of alkyl halides is 3. The monoisotopic (exact) mass is 426 g/mol. The quantitative estimate of drug-likeness (QED) is 0.588. The Morgan fingerprint density at radius 3 is 2.61 bits per heavy atom. The van der Waals surface area contributed by atoms with Gasteiger partial charge in [0.25, 0.3) is 0 Å². The Kier molecular flexibility index (Phi) is 6.21. The average molecular weight is 427 g/mol. The Labute approximate surface area is 167 Å². The maximum absolute atomic E-state index is 12.5. The van der Waals surface area contributed by atoms with Gasteiger partial charge in [0.2, 0.25) is 5.91 Å². The summed E-state index contributed by atoms with van der Waals surface area (Å²) >= 11 is 7.51. The molecule has 146 valence electrons. The van der Waals surface area contributed by atoms with E-state index in [0.29, 0.717) is 15.7 Å². The van der Waals surface area contributed by atoms with Crippen LogP contribution in [-0.4, -0.2) is 17.3 Å². The molecule has 0 aliphatic heterocycles. The van der Waals surface area contributed by atoms with Crippen LogP contribution in [0.5, 0.6) is 5.75 Å². The molecule has 0 saturated carbocycles. The number of carbonyl (C=O) groups excluding carboxylic acids is 1. The van der Waals surface area contributed by atoms with Crippen molar-refractivity contribution in [1.82, 2.24) is 10.3 Å². The maximum atomic E-state index is 12.5. The van der Waals surface area contributed by atoms with Crippen molar-refractivity contribution in [3.63, 3.8) is 0 Å². The topological polar surface area (TPSA) is 51.2 Å². The first-order valence-electron chi connectivity index (χ1n) is 8.11. The van der Waals surface area contributed by atoms with Gasteiger partial charge in [-0.1, -0.05) is 48.0 Å². The van der Waals surface area contributed by atoms with Gasteiger partial charge in [-0.2, -0.15) is 0 Å². The SMILES string of the molecule is O=C(Cc1csc(-c2ccccc2Cl)n1)NCc1ccccc1OC(F)(F)F. The lowest BCUT2D eigenvalue weighted by Crippen LogP contribution is -2.25. The van der Waals surface area contributed by atoms with Gasteiger partial charge in [-0.15, -0.1) is 24.5 Å². The highest BCUT2D eigenvalue weighted by molar-refractivity contribution is 7.13. The zero-order chi connectivity index (χ0) is 20.1. The molecule has 0 unspecified atom stereocenters. The van der Waals surface area contributed by atoms with Gasteiger partial charge < -0.3 is 10.1 Å². The highest BCUT2D eigenvalue weighted by atomic mass is 35.5. The van der Waals surface area contributed by atoms with E-state index in [-0.39, 0.29) is 30.2 Å². The number of halogens is 4. The molecule has 9 heteroatoms. The van der Waals surface area contributed by atoms with Gasteiger partial charge in [0, 0.05) is 23.1 Å². The summed E-state index contributed by atoms with van der Waals surface area (Å²) in [5, 5.41) is 5.59. The van der Waals surface area contributed by atoms with Gasteiger partial charge in [0.05, 0.1) is 17.1 Å². The first-order chi connectivity index (χ1) is 13.3. The van der Waals surface area contributed by atoms with E-state index in [9.17, 15) is 18.0 Å². The van der Waals surface area contributed by atoms with E-state index in [2.05, 4.69) is 15.0 Å². The number of benzene rings is 2. The Morgan fingerprint density at radius 2 is 1.86 bits per heavy atom. The molecule has 0 fully saturated rings. The van der Waals surface area contributed by atoms with Crippen LogP contribution in [0.15, 0.2) is 53.9 Å². The molecule has 1 aromatic heterocycles. The molecule has 2 aromatic carbocycles. The zero-order valence-corrected chi connectivity index (χ0v) is 15.9. The lowest BCUT2D eigenvalue weighted by molar-refractivity contribution is -0.274. The fourth-order valence-corrected chi connectivity index (χ4v) is 3.58. The summed E-state index contributed by atoms with van der Waals surface area (Å²) in [4.78, 5) is 16.6. The predicted octanol–water partition coefficient (Wildman–Crippen LogP) is 5.22. The summed E-state index contributed by atoms with van der Waals surface area (Å²) in [6.07, 6.45) is -4.79. The maximum Gasteiger partial charge on any atom is 0.573 e. The number of nitrogens with one attached hydrogen (secondary N) is 1. The number of thiazole rings is 1. The van der Waals surface area contributed by atoms with Crippen LogP contribution in [0.25, 0.3) is 10.6 Å². The van der Waals surface area contributed by atoms with Crippen LogP contribution in [0, 0.1) is 0 Å². The molecule has 1 heterocycles. The molecule has 1 amide bonds. The molecule has 0 aliphatic rings. The number of hydrogen-bond acceptors (Lipinski definition) is 4. The van der Waals surface area contributed by atoms with Gasteiger partial charge in [-0.25, -0.2) is 4.98 Å². The highest BCUT2D eigenvalue weighted by Crippen LogP contribution is 2.30. The molecular weight excluding hydrogens is 413 g/mol. The first kappa shape index (κ1) is 20.2. The first-order valence-corrected chi connectivity index (χ1v) is 9.37. The fourth-order valence-electron chi connectivity index (χ4n) is 2.44. The van der Waals surface area contributed by atoms with E-state index in [1.54, 1.807) is 17.5 Å². The Morgan fingerprint density at radius 1 is 1.14 bits per heavy atom. The smallest absolute Gasteiger partial charge is 0.405 e. The number of ether oxygens (including phenoxy) is 1. The lowest BCUT2D eigenvalue weighted by Gasteiger charge is -2.13. The van der Waals surface area contributed by atoms with E-state index in [4.69, 9.17) is 11.6 Å². The summed E-state index contributed by atoms with van der Waals surface area (Å²) in [5.74, 6) is -0.706. The number of aromatic nitrogens is 1. The average Bonchev–Trinajstić information content (AvgIpc) is 3.08. The standard InChI is InChI=1S/C19H14ClF3N2O2S/c20-15-7-3-2-6-14(15)18-25-13(11-28-18)9-17(26)24-10-12-5-1-4-8-16(12)27-19(21,22)23/h1-8,11H,9-10H2,(H,24,26). The minimum atomic E-state index is -4.80. The van der Waals surface area contributed by atoms with Crippen molar-refractivity contribution >= 4 is 28.8 Å². The molecule has 3 rings (SSSR count). The number of carbonyl (C=O) groups is 1. The van der Waals surface area contributed by atoms with Crippen LogP contribution < -0.4 is 10.1 Å². The van der Waals surface area contributed by atoms with Crippen LogP contribution in [-0.2, 0) is 17.8 Å². The second kappa shape index (κ2) is 8.62. The fraction of sp³-hybridized carbons (Fsp3) is 0.158. The van der Waals surface area contributed by atoms with E-state index in [0.717, 1.165) is 5.56 Å². The lowest BCUT2D eigenvalue weighted by atomic mass is 10.2. The van der Waals surface area contributed by atoms with Crippen molar-refractivity contribution in [1.29, 1.82) is 0 Å². The molecule has 0 saturated heterocycles. The Bertz CT molecular complexity index is 976. The summed E-state index contributed by atoms with van der Waals surface area (Å²) in [6, 6.07) is 12.9. The Hall–Kier alpha value is -2.58. The van der Waals surface area contributed by atoms with E-state index in [1.165, 1.54) is 29.5 Å². The van der Waals surface area contributed by atoms with Crippen LogP contribution in [0.2, 0.25) is 5.02 Å². The minimum Gasteiger partial charge on any atom is -0.405 e. The largest absolute Gasteiger partial charge is 0.573 e. The molecular formula is C19H14ClF3N2O2S. The van der Waals surface area contributed by atoms with Crippen LogP contribution in [0.3, 0.4) is 0 Å². The third-order valence-electron chi connectivity index (χ3n) is 3.67. The molecule has 28 heavy (non-hydrogen) atoms. The van der Waals surface area contributed by atoms with Crippen molar-refractivity contribution < 1.29 is 22.7 Å². The van der Waals surface area contributed by atoms with Gasteiger partial charge in [-0.3, -0.25) is 4.79 Å². The van der Waals surface area contributed by atoms with Crippen molar-refractivity contribution in [3.8, 4) is 16.3 Å². The zero-order valence-electron chi connectivity index (χ0n) is 14.3. The molecule has 0 atom stereocenters. The molecule has 0 aliphatic carbocycles. The normalized spacial score (nSPS) is 11.3. The number of rotatable bonds is 6. The van der Waals surface area contributed by atoms with Crippen LogP contribution >= 0.6 is 22.9 Å². The van der Waals surface area contributed by atoms with E-state index < -0.39 is 6.36 Å². The Balaban J connectivity index is 1.61. The van der Waals surface area contributed by atoms with Crippen molar-refractivity contribution in [2.75, 3.05) is 0 Å². The van der Waals surface area contributed by atoms with Gasteiger partial charge >= 0.3 is 6.36 Å². The van der Waals surface area contributed by atoms with Gasteiger partial charge in [0.1, 0.15) is 10.8 Å². The van der Waals surface area contributed by atoms with Gasteiger partial charge in [-0.05, 0) is 12.1 Å². The highest BCUT2D eigenvalue weighted by Gasteiger charge is 2.32. The third-order valence-corrected chi connectivity index (χ3v) is 4.93. The third kappa shape index (κ3) is 5.46. The summed E-state index contributed by atoms with van der Waals surface area (Å²) in [7, 11) is 0. The van der Waals surface area contributed by atoms with Crippen molar-refractivity contribution in [3.05, 3.63) is 70.2 Å². The molecule has 1 N–H and O–H groups in total. The second-order valence-corrected chi connectivity index (χ2v) is 7.00. The number of para-hydroxylation sites is 1. The van der Waals surface area contributed by atoms with E-state index >= 15 is 0 Å². The number of nitrogens with zero attached hydrogens (tertiary/aromatic N) is 1. The van der Waals surface area contributed by atoms with Gasteiger partial charge in [0.15, 0.2) is 0 Å². The predicted molar refractivity (Wildman–Crippen MR) is 101 cm³/mol. The van der Waals surface area contributed by atoms with E-state index in [1.807, 2.05) is 18.2 Å².